The Labute approximate surface area is 152 Å². The fourth-order valence-electron chi connectivity index (χ4n) is 2.10. The van der Waals surface area contributed by atoms with Gasteiger partial charge in [0.25, 0.3) is 0 Å². The predicted octanol–water partition coefficient (Wildman–Crippen LogP) is 2.59. The Bertz CT molecular complexity index is 974. The number of nitriles is 1. The molecule has 0 aliphatic heterocycles. The van der Waals surface area contributed by atoms with Crippen molar-refractivity contribution in [3.63, 3.8) is 0 Å². The van der Waals surface area contributed by atoms with Crippen molar-refractivity contribution in [2.45, 2.75) is 0 Å². The number of benzene rings is 2. The Kier molecular flexibility index (Phi) is 5.98. The zero-order valence-corrected chi connectivity index (χ0v) is 15.0. The first-order valence-electron chi connectivity index (χ1n) is 7.46. The van der Waals surface area contributed by atoms with Crippen LogP contribution in [0, 0.1) is 11.3 Å². The van der Waals surface area contributed by atoms with Crippen LogP contribution in [-0.4, -0.2) is 27.7 Å². The van der Waals surface area contributed by atoms with E-state index in [2.05, 4.69) is 10.0 Å². The van der Waals surface area contributed by atoms with Crippen molar-refractivity contribution < 1.29 is 17.9 Å². The number of anilines is 2. The molecule has 0 bridgehead atoms. The maximum absolute atomic E-state index is 12.1. The van der Waals surface area contributed by atoms with Gasteiger partial charge >= 0.3 is 0 Å². The van der Waals surface area contributed by atoms with Crippen LogP contribution in [0.4, 0.5) is 11.4 Å². The predicted molar refractivity (Wildman–Crippen MR) is 100 cm³/mol. The second kappa shape index (κ2) is 8.18. The standard InChI is InChI=1S/C18H17N3O4S/c1-25-17-9-5-14(12-19)11-16(17)20-18(22)10-6-13-3-7-15(8-4-13)21-26(2,23)24/h3-11,21H,1-2H3,(H,20,22)/b10-6+. The van der Waals surface area contributed by atoms with E-state index >= 15 is 0 Å². The minimum Gasteiger partial charge on any atom is -0.495 e. The van der Waals surface area contributed by atoms with Crippen molar-refractivity contribution in [1.29, 1.82) is 5.26 Å². The van der Waals surface area contributed by atoms with Crippen LogP contribution in [0.3, 0.4) is 0 Å². The molecule has 0 spiro atoms. The number of methoxy groups -OCH3 is 1. The molecule has 7 nitrogen and oxygen atoms in total. The molecule has 1 amide bonds. The van der Waals surface area contributed by atoms with Gasteiger partial charge in [0.1, 0.15) is 5.75 Å². The minimum atomic E-state index is -3.33. The average Bonchev–Trinajstić information content (AvgIpc) is 2.59. The molecule has 0 aromatic heterocycles. The van der Waals surface area contributed by atoms with Gasteiger partial charge in [-0.2, -0.15) is 5.26 Å². The molecule has 0 saturated carbocycles. The molecule has 26 heavy (non-hydrogen) atoms. The number of carbonyl (C=O) groups excluding carboxylic acids is 1. The van der Waals surface area contributed by atoms with Crippen LogP contribution in [-0.2, 0) is 14.8 Å². The first-order valence-corrected chi connectivity index (χ1v) is 9.35. The Morgan fingerprint density at radius 3 is 2.46 bits per heavy atom. The van der Waals surface area contributed by atoms with Crippen molar-refractivity contribution in [3.8, 4) is 11.8 Å². The number of nitrogens with one attached hydrogen (secondary N) is 2. The molecule has 2 aromatic rings. The normalized spacial score (nSPS) is 11.0. The zero-order valence-electron chi connectivity index (χ0n) is 14.2. The molecular weight excluding hydrogens is 354 g/mol. The highest BCUT2D eigenvalue weighted by molar-refractivity contribution is 7.92. The molecule has 2 aromatic carbocycles. The minimum absolute atomic E-state index is 0.392. The third kappa shape index (κ3) is 5.65. The highest BCUT2D eigenvalue weighted by atomic mass is 32.2. The van der Waals surface area contributed by atoms with Gasteiger partial charge in [0, 0.05) is 11.8 Å². The van der Waals surface area contributed by atoms with E-state index < -0.39 is 15.9 Å². The van der Waals surface area contributed by atoms with Gasteiger partial charge in [-0.1, -0.05) is 12.1 Å². The van der Waals surface area contributed by atoms with Crippen LogP contribution in [0.15, 0.2) is 48.5 Å². The summed E-state index contributed by atoms with van der Waals surface area (Å²) in [5, 5.41) is 11.6. The zero-order chi connectivity index (χ0) is 19.2. The third-order valence-electron chi connectivity index (χ3n) is 3.23. The Hall–Kier alpha value is -3.31. The lowest BCUT2D eigenvalue weighted by Crippen LogP contribution is -2.09. The molecule has 0 heterocycles. The van der Waals surface area contributed by atoms with E-state index in [0.29, 0.717) is 22.7 Å². The summed E-state index contributed by atoms with van der Waals surface area (Å²) in [6, 6.07) is 13.3. The van der Waals surface area contributed by atoms with Crippen LogP contribution in [0.25, 0.3) is 6.08 Å². The number of sulfonamides is 1. The molecule has 0 saturated heterocycles. The summed E-state index contributed by atoms with van der Waals surface area (Å²) in [4.78, 5) is 12.1. The lowest BCUT2D eigenvalue weighted by molar-refractivity contribution is -0.111. The number of hydrogen-bond donors (Lipinski definition) is 2. The van der Waals surface area contributed by atoms with Gasteiger partial charge in [-0.05, 0) is 42.0 Å². The molecule has 0 aliphatic rings. The summed E-state index contributed by atoms with van der Waals surface area (Å²) >= 11 is 0. The van der Waals surface area contributed by atoms with E-state index in [4.69, 9.17) is 10.00 Å². The van der Waals surface area contributed by atoms with Gasteiger partial charge in [0.15, 0.2) is 0 Å². The molecule has 0 aliphatic carbocycles. The summed E-state index contributed by atoms with van der Waals surface area (Å²) in [7, 11) is -1.86. The van der Waals surface area contributed by atoms with E-state index in [-0.39, 0.29) is 0 Å². The summed E-state index contributed by atoms with van der Waals surface area (Å²) in [5.74, 6) is 0.0543. The summed E-state index contributed by atoms with van der Waals surface area (Å²) < 4.78 is 29.8. The van der Waals surface area contributed by atoms with E-state index in [9.17, 15) is 13.2 Å². The maximum atomic E-state index is 12.1. The second-order valence-electron chi connectivity index (χ2n) is 5.35. The van der Waals surface area contributed by atoms with E-state index in [1.54, 1.807) is 42.5 Å². The number of amides is 1. The first-order chi connectivity index (χ1) is 12.3. The second-order valence-corrected chi connectivity index (χ2v) is 7.09. The van der Waals surface area contributed by atoms with E-state index in [0.717, 1.165) is 11.8 Å². The molecule has 2 N–H and O–H groups in total. The van der Waals surface area contributed by atoms with Gasteiger partial charge in [-0.15, -0.1) is 0 Å². The highest BCUT2D eigenvalue weighted by Crippen LogP contribution is 2.25. The monoisotopic (exact) mass is 371 g/mol. The number of nitrogens with zero attached hydrogens (tertiary/aromatic N) is 1. The third-order valence-corrected chi connectivity index (χ3v) is 3.83. The average molecular weight is 371 g/mol. The summed E-state index contributed by atoms with van der Waals surface area (Å²) in [6.45, 7) is 0. The van der Waals surface area contributed by atoms with Crippen LogP contribution in [0.1, 0.15) is 11.1 Å². The lowest BCUT2D eigenvalue weighted by atomic mass is 10.2. The summed E-state index contributed by atoms with van der Waals surface area (Å²) in [6.07, 6.45) is 3.98. The fourth-order valence-corrected chi connectivity index (χ4v) is 2.66. The molecule has 0 radical (unpaired) electrons. The number of carbonyl (C=O) groups is 1. The number of hydrogen-bond acceptors (Lipinski definition) is 5. The van der Waals surface area contributed by atoms with E-state index in [1.165, 1.54) is 19.3 Å². The van der Waals surface area contributed by atoms with Gasteiger partial charge in [0.2, 0.25) is 15.9 Å². The first kappa shape index (κ1) is 19.0. The molecule has 0 atom stereocenters. The van der Waals surface area contributed by atoms with Crippen molar-refractivity contribution in [3.05, 3.63) is 59.7 Å². The Morgan fingerprint density at radius 1 is 1.19 bits per heavy atom. The maximum Gasteiger partial charge on any atom is 0.248 e. The largest absolute Gasteiger partial charge is 0.495 e. The van der Waals surface area contributed by atoms with Gasteiger partial charge in [0.05, 0.1) is 30.7 Å². The quantitative estimate of drug-likeness (QED) is 0.759. The molecule has 2 rings (SSSR count). The molecule has 0 fully saturated rings. The van der Waals surface area contributed by atoms with E-state index in [1.807, 2.05) is 6.07 Å². The fraction of sp³-hybridized carbons (Fsp3) is 0.111. The van der Waals surface area contributed by atoms with Crippen molar-refractivity contribution in [2.75, 3.05) is 23.4 Å². The number of rotatable bonds is 6. The lowest BCUT2D eigenvalue weighted by Gasteiger charge is -2.09. The molecule has 0 unspecified atom stereocenters. The van der Waals surface area contributed by atoms with Crippen LogP contribution in [0.2, 0.25) is 0 Å². The SMILES string of the molecule is COc1ccc(C#N)cc1NC(=O)/C=C/c1ccc(NS(C)(=O)=O)cc1. The van der Waals surface area contributed by atoms with Crippen LogP contribution >= 0.6 is 0 Å². The molecule has 134 valence electrons. The topological polar surface area (TPSA) is 108 Å². The van der Waals surface area contributed by atoms with Crippen molar-refractivity contribution in [1.82, 2.24) is 0 Å². The number of ether oxygens (including phenoxy) is 1. The smallest absolute Gasteiger partial charge is 0.248 e. The Balaban J connectivity index is 2.07. The molecule has 8 heteroatoms. The Morgan fingerprint density at radius 2 is 1.88 bits per heavy atom. The van der Waals surface area contributed by atoms with Crippen LogP contribution < -0.4 is 14.8 Å². The summed E-state index contributed by atoms with van der Waals surface area (Å²) in [5.41, 5.74) is 1.96. The van der Waals surface area contributed by atoms with Gasteiger partial charge in [-0.3, -0.25) is 9.52 Å². The van der Waals surface area contributed by atoms with Crippen molar-refractivity contribution in [2.24, 2.45) is 0 Å². The van der Waals surface area contributed by atoms with Gasteiger partial charge < -0.3 is 10.1 Å². The molecular formula is C18H17N3O4S. The van der Waals surface area contributed by atoms with Gasteiger partial charge in [-0.25, -0.2) is 8.42 Å². The highest BCUT2D eigenvalue weighted by Gasteiger charge is 2.07. The van der Waals surface area contributed by atoms with Crippen LogP contribution in [0.5, 0.6) is 5.75 Å². The van der Waals surface area contributed by atoms with Crippen molar-refractivity contribution >= 4 is 33.4 Å².